The van der Waals surface area contributed by atoms with Gasteiger partial charge in [-0.25, -0.2) is 0 Å². The standard InChI is InChI=1S/C12H16N2O/c1-8(2)14-7-6-9-4-3-5-10(13)11(9)12(14)15/h3-5,8H,6-7,13H2,1-2H3. The normalized spacial score (nSPS) is 15.7. The van der Waals surface area contributed by atoms with Crippen LogP contribution in [0, 0.1) is 0 Å². The Balaban J connectivity index is 2.45. The lowest BCUT2D eigenvalue weighted by atomic mass is 9.96. The second-order valence-electron chi connectivity index (χ2n) is 4.22. The zero-order valence-electron chi connectivity index (χ0n) is 9.16. The van der Waals surface area contributed by atoms with Crippen molar-refractivity contribution in [3.8, 4) is 0 Å². The molecule has 0 aliphatic carbocycles. The number of hydrogen-bond donors (Lipinski definition) is 1. The van der Waals surface area contributed by atoms with Crippen molar-refractivity contribution in [2.24, 2.45) is 0 Å². The quantitative estimate of drug-likeness (QED) is 0.707. The average molecular weight is 204 g/mol. The van der Waals surface area contributed by atoms with Crippen molar-refractivity contribution < 1.29 is 4.79 Å². The van der Waals surface area contributed by atoms with Gasteiger partial charge in [-0.3, -0.25) is 4.79 Å². The van der Waals surface area contributed by atoms with Gasteiger partial charge in [-0.15, -0.1) is 0 Å². The highest BCUT2D eigenvalue weighted by atomic mass is 16.2. The van der Waals surface area contributed by atoms with Crippen molar-refractivity contribution in [2.75, 3.05) is 12.3 Å². The molecular formula is C12H16N2O. The van der Waals surface area contributed by atoms with Gasteiger partial charge in [-0.1, -0.05) is 12.1 Å². The molecule has 0 radical (unpaired) electrons. The molecule has 1 aromatic rings. The predicted molar refractivity (Wildman–Crippen MR) is 60.7 cm³/mol. The first-order valence-corrected chi connectivity index (χ1v) is 5.29. The highest BCUT2D eigenvalue weighted by Gasteiger charge is 2.27. The van der Waals surface area contributed by atoms with Crippen LogP contribution in [-0.4, -0.2) is 23.4 Å². The Morgan fingerprint density at radius 2 is 2.13 bits per heavy atom. The van der Waals surface area contributed by atoms with Crippen molar-refractivity contribution in [3.63, 3.8) is 0 Å². The number of amides is 1. The van der Waals surface area contributed by atoms with E-state index in [9.17, 15) is 4.79 Å². The highest BCUT2D eigenvalue weighted by Crippen LogP contribution is 2.25. The van der Waals surface area contributed by atoms with Gasteiger partial charge in [-0.2, -0.15) is 0 Å². The summed E-state index contributed by atoms with van der Waals surface area (Å²) in [7, 11) is 0. The molecule has 0 aromatic heterocycles. The SMILES string of the molecule is CC(C)N1CCc2cccc(N)c2C1=O. The minimum atomic E-state index is 0.0735. The summed E-state index contributed by atoms with van der Waals surface area (Å²) >= 11 is 0. The molecular weight excluding hydrogens is 188 g/mol. The van der Waals surface area contributed by atoms with E-state index in [0.717, 1.165) is 18.5 Å². The Morgan fingerprint density at radius 1 is 1.40 bits per heavy atom. The average Bonchev–Trinajstić information content (AvgIpc) is 2.17. The van der Waals surface area contributed by atoms with E-state index in [-0.39, 0.29) is 11.9 Å². The third-order valence-corrected chi connectivity index (χ3v) is 2.90. The van der Waals surface area contributed by atoms with Gasteiger partial charge in [0.05, 0.1) is 5.56 Å². The Bertz CT molecular complexity index is 399. The molecule has 0 saturated heterocycles. The van der Waals surface area contributed by atoms with Gasteiger partial charge >= 0.3 is 0 Å². The lowest BCUT2D eigenvalue weighted by Crippen LogP contribution is -2.42. The molecule has 0 unspecified atom stereocenters. The number of benzene rings is 1. The number of nitrogen functional groups attached to an aromatic ring is 1. The van der Waals surface area contributed by atoms with E-state index in [0.29, 0.717) is 11.3 Å². The minimum Gasteiger partial charge on any atom is -0.398 e. The Kier molecular flexibility index (Phi) is 2.39. The van der Waals surface area contributed by atoms with E-state index in [2.05, 4.69) is 0 Å². The lowest BCUT2D eigenvalue weighted by molar-refractivity contribution is 0.0690. The molecule has 2 rings (SSSR count). The van der Waals surface area contributed by atoms with Gasteiger partial charge in [-0.05, 0) is 31.9 Å². The summed E-state index contributed by atoms with van der Waals surface area (Å²) in [5.74, 6) is 0.0735. The number of carbonyl (C=O) groups excluding carboxylic acids is 1. The van der Waals surface area contributed by atoms with Gasteiger partial charge < -0.3 is 10.6 Å². The number of fused-ring (bicyclic) bond motifs is 1. The third-order valence-electron chi connectivity index (χ3n) is 2.90. The molecule has 1 aliphatic rings. The van der Waals surface area contributed by atoms with E-state index in [1.165, 1.54) is 0 Å². The van der Waals surface area contributed by atoms with Crippen LogP contribution in [0.15, 0.2) is 18.2 Å². The van der Waals surface area contributed by atoms with Crippen molar-refractivity contribution in [3.05, 3.63) is 29.3 Å². The third kappa shape index (κ3) is 1.58. The van der Waals surface area contributed by atoms with E-state index < -0.39 is 0 Å². The van der Waals surface area contributed by atoms with Crippen LogP contribution in [0.2, 0.25) is 0 Å². The van der Waals surface area contributed by atoms with Gasteiger partial charge in [0.1, 0.15) is 0 Å². The van der Waals surface area contributed by atoms with Crippen LogP contribution >= 0.6 is 0 Å². The molecule has 0 spiro atoms. The van der Waals surface area contributed by atoms with Crippen LogP contribution in [0.1, 0.15) is 29.8 Å². The molecule has 15 heavy (non-hydrogen) atoms. The second kappa shape index (κ2) is 3.57. The fourth-order valence-corrected chi connectivity index (χ4v) is 2.07. The van der Waals surface area contributed by atoms with Gasteiger partial charge in [0, 0.05) is 18.3 Å². The highest BCUT2D eigenvalue weighted by molar-refractivity contribution is 6.01. The first kappa shape index (κ1) is 10.0. The van der Waals surface area contributed by atoms with Gasteiger partial charge in [0.15, 0.2) is 0 Å². The number of anilines is 1. The van der Waals surface area contributed by atoms with E-state index in [4.69, 9.17) is 5.73 Å². The fourth-order valence-electron chi connectivity index (χ4n) is 2.07. The molecule has 2 N–H and O–H groups in total. The van der Waals surface area contributed by atoms with Crippen LogP contribution in [-0.2, 0) is 6.42 Å². The van der Waals surface area contributed by atoms with Crippen molar-refractivity contribution in [2.45, 2.75) is 26.3 Å². The first-order valence-electron chi connectivity index (χ1n) is 5.29. The Morgan fingerprint density at radius 3 is 2.80 bits per heavy atom. The smallest absolute Gasteiger partial charge is 0.256 e. The van der Waals surface area contributed by atoms with Crippen LogP contribution in [0.4, 0.5) is 5.69 Å². The Hall–Kier alpha value is -1.51. The molecule has 3 nitrogen and oxygen atoms in total. The molecule has 3 heteroatoms. The monoisotopic (exact) mass is 204 g/mol. The number of nitrogens with zero attached hydrogens (tertiary/aromatic N) is 1. The number of nitrogens with two attached hydrogens (primary N) is 1. The van der Waals surface area contributed by atoms with Crippen molar-refractivity contribution in [1.29, 1.82) is 0 Å². The molecule has 1 aromatic carbocycles. The summed E-state index contributed by atoms with van der Waals surface area (Å²) in [6.07, 6.45) is 0.907. The van der Waals surface area contributed by atoms with Crippen LogP contribution in [0.25, 0.3) is 0 Å². The predicted octanol–water partition coefficient (Wildman–Crippen LogP) is 1.68. The molecule has 0 bridgehead atoms. The lowest BCUT2D eigenvalue weighted by Gasteiger charge is -2.32. The largest absolute Gasteiger partial charge is 0.398 e. The van der Waals surface area contributed by atoms with Crippen molar-refractivity contribution in [1.82, 2.24) is 4.90 Å². The molecule has 1 heterocycles. The molecule has 1 amide bonds. The molecule has 1 aliphatic heterocycles. The zero-order chi connectivity index (χ0) is 11.0. The van der Waals surface area contributed by atoms with Crippen molar-refractivity contribution >= 4 is 11.6 Å². The first-order chi connectivity index (χ1) is 7.11. The molecule has 0 saturated carbocycles. The summed E-state index contributed by atoms with van der Waals surface area (Å²) in [6, 6.07) is 5.93. The topological polar surface area (TPSA) is 46.3 Å². The summed E-state index contributed by atoms with van der Waals surface area (Å²) in [5.41, 5.74) is 8.23. The van der Waals surface area contributed by atoms with Crippen LogP contribution in [0.3, 0.4) is 0 Å². The summed E-state index contributed by atoms with van der Waals surface area (Å²) < 4.78 is 0. The maximum absolute atomic E-state index is 12.1. The molecule has 0 atom stereocenters. The summed E-state index contributed by atoms with van der Waals surface area (Å²) in [4.78, 5) is 14.0. The Labute approximate surface area is 89.9 Å². The molecule has 80 valence electrons. The number of rotatable bonds is 1. The van der Waals surface area contributed by atoms with E-state index in [1.807, 2.05) is 30.9 Å². The zero-order valence-corrected chi connectivity index (χ0v) is 9.16. The maximum Gasteiger partial charge on any atom is 0.256 e. The second-order valence-corrected chi connectivity index (χ2v) is 4.22. The van der Waals surface area contributed by atoms with Crippen LogP contribution in [0.5, 0.6) is 0 Å². The fraction of sp³-hybridized carbons (Fsp3) is 0.417. The van der Waals surface area contributed by atoms with E-state index >= 15 is 0 Å². The maximum atomic E-state index is 12.1. The number of hydrogen-bond acceptors (Lipinski definition) is 2. The molecule has 0 fully saturated rings. The van der Waals surface area contributed by atoms with Crippen LogP contribution < -0.4 is 5.73 Å². The minimum absolute atomic E-state index is 0.0735. The van der Waals surface area contributed by atoms with E-state index in [1.54, 1.807) is 6.07 Å². The number of carbonyl (C=O) groups is 1. The summed E-state index contributed by atoms with van der Waals surface area (Å²) in [5, 5.41) is 0. The van der Waals surface area contributed by atoms with Gasteiger partial charge in [0.25, 0.3) is 5.91 Å². The summed E-state index contributed by atoms with van der Waals surface area (Å²) in [6.45, 7) is 4.86. The van der Waals surface area contributed by atoms with Gasteiger partial charge in [0.2, 0.25) is 0 Å².